The second-order valence-corrected chi connectivity index (χ2v) is 4.93. The smallest absolute Gasteiger partial charge is 0.134 e. The van der Waals surface area contributed by atoms with Crippen LogP contribution in [0.15, 0.2) is 59.2 Å². The standard InChI is InChI=1S/C17H16FNO2/c18-15-7-3-1-6-14(15)16(20)10-19-9-12-11-21-17-8-4-2-5-13(12)17/h1-8,11,16,19-20H,9-10H2. The van der Waals surface area contributed by atoms with Gasteiger partial charge in [-0.15, -0.1) is 0 Å². The molecule has 2 N–H and O–H groups in total. The molecule has 2 aromatic carbocycles. The lowest BCUT2D eigenvalue weighted by molar-refractivity contribution is 0.169. The molecule has 1 aromatic heterocycles. The summed E-state index contributed by atoms with van der Waals surface area (Å²) in [5, 5.41) is 14.2. The van der Waals surface area contributed by atoms with Crippen molar-refractivity contribution in [2.75, 3.05) is 6.54 Å². The first-order valence-electron chi connectivity index (χ1n) is 6.84. The topological polar surface area (TPSA) is 45.4 Å². The van der Waals surface area contributed by atoms with E-state index in [9.17, 15) is 9.50 Å². The summed E-state index contributed by atoms with van der Waals surface area (Å²) in [4.78, 5) is 0. The third kappa shape index (κ3) is 2.96. The van der Waals surface area contributed by atoms with Gasteiger partial charge in [-0.2, -0.15) is 0 Å². The second-order valence-electron chi connectivity index (χ2n) is 4.93. The van der Waals surface area contributed by atoms with Crippen LogP contribution in [-0.4, -0.2) is 11.7 Å². The van der Waals surface area contributed by atoms with Gasteiger partial charge in [0, 0.05) is 29.6 Å². The molecule has 108 valence electrons. The normalized spacial score (nSPS) is 12.7. The van der Waals surface area contributed by atoms with E-state index in [0.29, 0.717) is 12.1 Å². The molecule has 1 unspecified atom stereocenters. The summed E-state index contributed by atoms with van der Waals surface area (Å²) < 4.78 is 19.0. The van der Waals surface area contributed by atoms with E-state index < -0.39 is 6.10 Å². The Bertz CT molecular complexity index is 738. The molecule has 0 aliphatic rings. The lowest BCUT2D eigenvalue weighted by Crippen LogP contribution is -2.21. The van der Waals surface area contributed by atoms with Gasteiger partial charge in [0.15, 0.2) is 0 Å². The van der Waals surface area contributed by atoms with Crippen molar-refractivity contribution in [3.8, 4) is 0 Å². The van der Waals surface area contributed by atoms with E-state index in [0.717, 1.165) is 16.5 Å². The van der Waals surface area contributed by atoms with E-state index in [2.05, 4.69) is 5.32 Å². The third-order valence-electron chi connectivity index (χ3n) is 3.48. The van der Waals surface area contributed by atoms with Crippen LogP contribution in [0.1, 0.15) is 17.2 Å². The summed E-state index contributed by atoms with van der Waals surface area (Å²) in [7, 11) is 0. The first-order chi connectivity index (χ1) is 10.3. The third-order valence-corrected chi connectivity index (χ3v) is 3.48. The highest BCUT2D eigenvalue weighted by Crippen LogP contribution is 2.21. The van der Waals surface area contributed by atoms with Crippen molar-refractivity contribution < 1.29 is 13.9 Å². The summed E-state index contributed by atoms with van der Waals surface area (Å²) in [6.07, 6.45) is 0.831. The summed E-state index contributed by atoms with van der Waals surface area (Å²) in [5.41, 5.74) is 2.16. The Hall–Kier alpha value is -2.17. The minimum atomic E-state index is -0.871. The van der Waals surface area contributed by atoms with E-state index in [4.69, 9.17) is 4.42 Å². The molecule has 21 heavy (non-hydrogen) atoms. The fraction of sp³-hybridized carbons (Fsp3) is 0.176. The van der Waals surface area contributed by atoms with Gasteiger partial charge < -0.3 is 14.8 Å². The predicted octanol–water partition coefficient (Wildman–Crippen LogP) is 3.40. The van der Waals surface area contributed by atoms with Crippen molar-refractivity contribution in [1.82, 2.24) is 5.32 Å². The summed E-state index contributed by atoms with van der Waals surface area (Å²) in [6.45, 7) is 0.836. The Morgan fingerprint density at radius 1 is 1.10 bits per heavy atom. The van der Waals surface area contributed by atoms with Gasteiger partial charge >= 0.3 is 0 Å². The first kappa shape index (κ1) is 13.8. The molecular formula is C17H16FNO2. The number of furan rings is 1. The van der Waals surface area contributed by atoms with Gasteiger partial charge in [0.25, 0.3) is 0 Å². The van der Waals surface area contributed by atoms with Crippen molar-refractivity contribution >= 4 is 11.0 Å². The highest BCUT2D eigenvalue weighted by Gasteiger charge is 2.12. The second kappa shape index (κ2) is 6.08. The van der Waals surface area contributed by atoms with Crippen LogP contribution < -0.4 is 5.32 Å². The molecule has 1 heterocycles. The molecule has 0 amide bonds. The highest BCUT2D eigenvalue weighted by molar-refractivity contribution is 5.80. The van der Waals surface area contributed by atoms with Gasteiger partial charge in [-0.1, -0.05) is 36.4 Å². The van der Waals surface area contributed by atoms with E-state index in [-0.39, 0.29) is 12.4 Å². The van der Waals surface area contributed by atoms with E-state index in [1.807, 2.05) is 24.3 Å². The van der Waals surface area contributed by atoms with Crippen molar-refractivity contribution in [1.29, 1.82) is 0 Å². The molecule has 0 aliphatic heterocycles. The molecule has 4 heteroatoms. The van der Waals surface area contributed by atoms with Crippen LogP contribution in [0.2, 0.25) is 0 Å². The lowest BCUT2D eigenvalue weighted by atomic mass is 10.1. The van der Waals surface area contributed by atoms with Crippen molar-refractivity contribution in [3.63, 3.8) is 0 Å². The van der Waals surface area contributed by atoms with E-state index in [1.54, 1.807) is 24.5 Å². The molecule has 0 bridgehead atoms. The SMILES string of the molecule is OC(CNCc1coc2ccccc12)c1ccccc1F. The Morgan fingerprint density at radius 3 is 2.71 bits per heavy atom. The molecule has 0 radical (unpaired) electrons. The molecule has 3 aromatic rings. The van der Waals surface area contributed by atoms with Crippen molar-refractivity contribution in [2.24, 2.45) is 0 Å². The zero-order chi connectivity index (χ0) is 14.7. The maximum absolute atomic E-state index is 13.5. The number of fused-ring (bicyclic) bond motifs is 1. The average molecular weight is 285 g/mol. The van der Waals surface area contributed by atoms with Gasteiger partial charge in [0.1, 0.15) is 11.4 Å². The lowest BCUT2D eigenvalue weighted by Gasteiger charge is -2.12. The average Bonchev–Trinajstić information content (AvgIpc) is 2.91. The van der Waals surface area contributed by atoms with Crippen molar-refractivity contribution in [3.05, 3.63) is 71.7 Å². The number of hydrogen-bond acceptors (Lipinski definition) is 3. The Labute approximate surface area is 122 Å². The van der Waals surface area contributed by atoms with Gasteiger partial charge in [0.05, 0.1) is 12.4 Å². The number of para-hydroxylation sites is 1. The largest absolute Gasteiger partial charge is 0.464 e. The van der Waals surface area contributed by atoms with Gasteiger partial charge in [0.2, 0.25) is 0 Å². The van der Waals surface area contributed by atoms with Gasteiger partial charge in [-0.25, -0.2) is 4.39 Å². The first-order valence-corrected chi connectivity index (χ1v) is 6.84. The van der Waals surface area contributed by atoms with Crippen LogP contribution in [0.25, 0.3) is 11.0 Å². The molecule has 0 aliphatic carbocycles. The maximum atomic E-state index is 13.5. The van der Waals surface area contributed by atoms with E-state index >= 15 is 0 Å². The number of hydrogen-bond donors (Lipinski definition) is 2. The Kier molecular flexibility index (Phi) is 3.99. The van der Waals surface area contributed by atoms with Gasteiger partial charge in [-0.3, -0.25) is 0 Å². The van der Waals surface area contributed by atoms with Crippen molar-refractivity contribution in [2.45, 2.75) is 12.6 Å². The predicted molar refractivity (Wildman–Crippen MR) is 79.3 cm³/mol. The minimum Gasteiger partial charge on any atom is -0.464 e. The summed E-state index contributed by atoms with van der Waals surface area (Å²) in [6, 6.07) is 14.0. The quantitative estimate of drug-likeness (QED) is 0.755. The highest BCUT2D eigenvalue weighted by atomic mass is 19.1. The van der Waals surface area contributed by atoms with Crippen LogP contribution in [0, 0.1) is 5.82 Å². The number of aliphatic hydroxyl groups excluding tert-OH is 1. The number of halogens is 1. The van der Waals surface area contributed by atoms with Crippen LogP contribution in [0.4, 0.5) is 4.39 Å². The number of nitrogens with one attached hydrogen (secondary N) is 1. The fourth-order valence-corrected chi connectivity index (χ4v) is 2.37. The Balaban J connectivity index is 1.62. The number of rotatable bonds is 5. The number of benzene rings is 2. The molecule has 1 atom stereocenters. The molecule has 3 nitrogen and oxygen atoms in total. The monoisotopic (exact) mass is 285 g/mol. The molecule has 3 rings (SSSR count). The molecular weight excluding hydrogens is 269 g/mol. The van der Waals surface area contributed by atoms with E-state index in [1.165, 1.54) is 6.07 Å². The fourth-order valence-electron chi connectivity index (χ4n) is 2.37. The number of aliphatic hydroxyl groups is 1. The molecule has 0 saturated carbocycles. The van der Waals surface area contributed by atoms with Crippen LogP contribution in [0.3, 0.4) is 0 Å². The minimum absolute atomic E-state index is 0.278. The molecule has 0 saturated heterocycles. The summed E-state index contributed by atoms with van der Waals surface area (Å²) >= 11 is 0. The Morgan fingerprint density at radius 2 is 1.86 bits per heavy atom. The van der Waals surface area contributed by atoms with Crippen LogP contribution >= 0.6 is 0 Å². The van der Waals surface area contributed by atoms with Crippen LogP contribution in [0.5, 0.6) is 0 Å². The molecule has 0 fully saturated rings. The zero-order valence-electron chi connectivity index (χ0n) is 11.4. The molecule has 0 spiro atoms. The summed E-state index contributed by atoms with van der Waals surface area (Å²) in [5.74, 6) is -0.388. The van der Waals surface area contributed by atoms with Gasteiger partial charge in [-0.05, 0) is 12.1 Å². The zero-order valence-corrected chi connectivity index (χ0v) is 11.4. The maximum Gasteiger partial charge on any atom is 0.134 e. The van der Waals surface area contributed by atoms with Crippen LogP contribution in [-0.2, 0) is 6.54 Å².